The molecule has 2 nitrogen and oxygen atoms in total. The number of amides is 1. The topological polar surface area (TPSA) is 29.1 Å². The van der Waals surface area contributed by atoms with Crippen molar-refractivity contribution in [3.8, 4) is 11.8 Å². The minimum atomic E-state index is 0.0484. The highest BCUT2D eigenvalue weighted by Crippen LogP contribution is 2.31. The van der Waals surface area contributed by atoms with Crippen LogP contribution in [0, 0.1) is 11.8 Å². The SMILES string of the molecule is CC#CCCNC(=O)c1cc2c(s1)CCSC2. The van der Waals surface area contributed by atoms with E-state index >= 15 is 0 Å². The molecule has 17 heavy (non-hydrogen) atoms. The molecule has 1 aliphatic heterocycles. The molecule has 2 rings (SSSR count). The molecule has 0 spiro atoms. The summed E-state index contributed by atoms with van der Waals surface area (Å²) >= 11 is 3.59. The van der Waals surface area contributed by atoms with Gasteiger partial charge in [-0.15, -0.1) is 23.2 Å². The summed E-state index contributed by atoms with van der Waals surface area (Å²) in [6, 6.07) is 2.05. The third-order valence-electron chi connectivity index (χ3n) is 2.56. The molecule has 1 amide bonds. The molecule has 0 unspecified atom stereocenters. The van der Waals surface area contributed by atoms with Crippen LogP contribution in [0.25, 0.3) is 0 Å². The number of carbonyl (C=O) groups excluding carboxylic acids is 1. The van der Waals surface area contributed by atoms with Crippen molar-refractivity contribution in [2.75, 3.05) is 12.3 Å². The first-order valence-electron chi connectivity index (χ1n) is 5.68. The number of hydrogen-bond donors (Lipinski definition) is 1. The zero-order valence-electron chi connectivity index (χ0n) is 9.84. The van der Waals surface area contributed by atoms with Gasteiger partial charge in [0.2, 0.25) is 0 Å². The second-order valence-corrected chi connectivity index (χ2v) is 6.04. The van der Waals surface area contributed by atoms with E-state index in [0.717, 1.165) is 23.5 Å². The molecule has 1 aromatic rings. The van der Waals surface area contributed by atoms with E-state index in [9.17, 15) is 4.79 Å². The van der Waals surface area contributed by atoms with Crippen LogP contribution < -0.4 is 5.32 Å². The maximum absolute atomic E-state index is 11.9. The van der Waals surface area contributed by atoms with Gasteiger partial charge in [-0.25, -0.2) is 0 Å². The van der Waals surface area contributed by atoms with Gasteiger partial charge in [0.25, 0.3) is 5.91 Å². The molecule has 0 atom stereocenters. The number of rotatable bonds is 3. The van der Waals surface area contributed by atoms with Crippen molar-refractivity contribution >= 4 is 29.0 Å². The molecule has 0 aromatic carbocycles. The van der Waals surface area contributed by atoms with Crippen LogP contribution in [0.5, 0.6) is 0 Å². The van der Waals surface area contributed by atoms with E-state index < -0.39 is 0 Å². The van der Waals surface area contributed by atoms with Crippen molar-refractivity contribution in [2.45, 2.75) is 25.5 Å². The van der Waals surface area contributed by atoms with Gasteiger partial charge in [-0.2, -0.15) is 11.8 Å². The number of fused-ring (bicyclic) bond motifs is 1. The molecular formula is C13H15NOS2. The fraction of sp³-hybridized carbons (Fsp3) is 0.462. The highest BCUT2D eigenvalue weighted by Gasteiger charge is 2.16. The van der Waals surface area contributed by atoms with Crippen LogP contribution in [-0.4, -0.2) is 18.2 Å². The van der Waals surface area contributed by atoms with Crippen LogP contribution in [-0.2, 0) is 12.2 Å². The lowest BCUT2D eigenvalue weighted by atomic mass is 10.2. The van der Waals surface area contributed by atoms with Crippen LogP contribution in [0.1, 0.15) is 33.5 Å². The Morgan fingerprint density at radius 1 is 1.59 bits per heavy atom. The van der Waals surface area contributed by atoms with Crippen LogP contribution in [0.15, 0.2) is 6.07 Å². The van der Waals surface area contributed by atoms with Crippen molar-refractivity contribution in [1.82, 2.24) is 5.32 Å². The summed E-state index contributed by atoms with van der Waals surface area (Å²) in [7, 11) is 0. The second kappa shape index (κ2) is 6.13. The molecule has 1 N–H and O–H groups in total. The maximum atomic E-state index is 11.9. The summed E-state index contributed by atoms with van der Waals surface area (Å²) in [5, 5.41) is 2.91. The average Bonchev–Trinajstić information content (AvgIpc) is 2.78. The molecule has 0 radical (unpaired) electrons. The first kappa shape index (κ1) is 12.5. The van der Waals surface area contributed by atoms with Gasteiger partial charge in [0.1, 0.15) is 0 Å². The van der Waals surface area contributed by atoms with Crippen molar-refractivity contribution in [3.63, 3.8) is 0 Å². The molecule has 4 heteroatoms. The summed E-state index contributed by atoms with van der Waals surface area (Å²) in [4.78, 5) is 14.1. The second-order valence-electron chi connectivity index (χ2n) is 3.79. The van der Waals surface area contributed by atoms with Gasteiger partial charge < -0.3 is 5.32 Å². The van der Waals surface area contributed by atoms with Gasteiger partial charge in [0.15, 0.2) is 0 Å². The zero-order valence-corrected chi connectivity index (χ0v) is 11.5. The summed E-state index contributed by atoms with van der Waals surface area (Å²) in [6.07, 6.45) is 1.84. The minimum Gasteiger partial charge on any atom is -0.350 e. The van der Waals surface area contributed by atoms with E-state index in [-0.39, 0.29) is 5.91 Å². The van der Waals surface area contributed by atoms with Gasteiger partial charge in [0, 0.05) is 23.6 Å². The van der Waals surface area contributed by atoms with E-state index in [1.165, 1.54) is 16.2 Å². The van der Waals surface area contributed by atoms with Crippen LogP contribution in [0.4, 0.5) is 0 Å². The summed E-state index contributed by atoms with van der Waals surface area (Å²) in [6.45, 7) is 2.45. The lowest BCUT2D eigenvalue weighted by molar-refractivity contribution is 0.0958. The molecular weight excluding hydrogens is 250 g/mol. The van der Waals surface area contributed by atoms with Crippen LogP contribution >= 0.6 is 23.1 Å². The third-order valence-corrected chi connectivity index (χ3v) is 4.81. The molecule has 2 heterocycles. The van der Waals surface area contributed by atoms with Crippen molar-refractivity contribution in [3.05, 3.63) is 21.4 Å². The van der Waals surface area contributed by atoms with Gasteiger partial charge in [-0.1, -0.05) is 0 Å². The standard InChI is InChI=1S/C13H15NOS2/c1-2-3-4-6-14-13(15)12-8-10-9-16-7-5-11(10)17-12/h8H,4-7,9H2,1H3,(H,14,15). The Morgan fingerprint density at radius 2 is 2.47 bits per heavy atom. The Bertz CT molecular complexity index is 444. The van der Waals surface area contributed by atoms with Crippen molar-refractivity contribution < 1.29 is 4.79 Å². The zero-order chi connectivity index (χ0) is 12.1. The Kier molecular flexibility index (Phi) is 4.52. The molecule has 0 bridgehead atoms. The number of hydrogen-bond acceptors (Lipinski definition) is 3. The molecule has 0 saturated carbocycles. The van der Waals surface area contributed by atoms with Gasteiger partial charge in [-0.05, 0) is 30.7 Å². The molecule has 1 aliphatic rings. The Morgan fingerprint density at radius 3 is 3.24 bits per heavy atom. The predicted octanol–water partition coefficient (Wildman–Crippen LogP) is 2.68. The number of nitrogens with one attached hydrogen (secondary N) is 1. The fourth-order valence-electron chi connectivity index (χ4n) is 1.71. The summed E-state index contributed by atoms with van der Waals surface area (Å²) in [5.41, 5.74) is 1.35. The van der Waals surface area contributed by atoms with Crippen LogP contribution in [0.2, 0.25) is 0 Å². The number of thioether (sulfide) groups is 1. The molecule has 0 saturated heterocycles. The summed E-state index contributed by atoms with van der Waals surface area (Å²) < 4.78 is 0. The summed E-state index contributed by atoms with van der Waals surface area (Å²) in [5.74, 6) is 8.04. The van der Waals surface area contributed by atoms with Crippen LogP contribution in [0.3, 0.4) is 0 Å². The fourth-order valence-corrected chi connectivity index (χ4v) is 4.00. The molecule has 1 aromatic heterocycles. The average molecular weight is 265 g/mol. The van der Waals surface area contributed by atoms with Gasteiger partial charge in [-0.3, -0.25) is 4.79 Å². The number of thiophene rings is 1. The van der Waals surface area contributed by atoms with E-state index in [0.29, 0.717) is 6.54 Å². The van der Waals surface area contributed by atoms with Crippen molar-refractivity contribution in [1.29, 1.82) is 0 Å². The lowest BCUT2D eigenvalue weighted by Crippen LogP contribution is -2.23. The van der Waals surface area contributed by atoms with Gasteiger partial charge in [0.05, 0.1) is 4.88 Å². The largest absolute Gasteiger partial charge is 0.350 e. The minimum absolute atomic E-state index is 0.0484. The van der Waals surface area contributed by atoms with Crippen molar-refractivity contribution in [2.24, 2.45) is 0 Å². The predicted molar refractivity (Wildman–Crippen MR) is 74.6 cm³/mol. The normalized spacial score (nSPS) is 13.5. The van der Waals surface area contributed by atoms with Gasteiger partial charge >= 0.3 is 0 Å². The maximum Gasteiger partial charge on any atom is 0.261 e. The number of carbonyl (C=O) groups is 1. The van der Waals surface area contributed by atoms with E-state index in [4.69, 9.17) is 0 Å². The highest BCUT2D eigenvalue weighted by molar-refractivity contribution is 7.98. The highest BCUT2D eigenvalue weighted by atomic mass is 32.2. The van der Waals surface area contributed by atoms with E-state index in [1.807, 2.05) is 24.8 Å². The smallest absolute Gasteiger partial charge is 0.261 e. The first-order chi connectivity index (χ1) is 8.31. The molecule has 0 aliphatic carbocycles. The number of aryl methyl sites for hydroxylation is 1. The molecule has 90 valence electrons. The lowest BCUT2D eigenvalue weighted by Gasteiger charge is -2.08. The van der Waals surface area contributed by atoms with E-state index in [1.54, 1.807) is 11.3 Å². The first-order valence-corrected chi connectivity index (χ1v) is 7.65. The monoisotopic (exact) mass is 265 g/mol. The van der Waals surface area contributed by atoms with E-state index in [2.05, 4.69) is 17.2 Å². The molecule has 0 fully saturated rings. The third kappa shape index (κ3) is 3.27. The quantitative estimate of drug-likeness (QED) is 0.672. The Labute approximate surface area is 110 Å². The Hall–Kier alpha value is -0.920. The Balaban J connectivity index is 1.94.